The van der Waals surface area contributed by atoms with Crippen LogP contribution in [0.3, 0.4) is 0 Å². The molecule has 7 nitrogen and oxygen atoms in total. The molecule has 2 heterocycles. The summed E-state index contributed by atoms with van der Waals surface area (Å²) in [6, 6.07) is 8.02. The van der Waals surface area contributed by atoms with Gasteiger partial charge in [0.15, 0.2) is 11.6 Å². The molecule has 0 N–H and O–H groups in total. The van der Waals surface area contributed by atoms with E-state index in [2.05, 4.69) is 0 Å². The summed E-state index contributed by atoms with van der Waals surface area (Å²) in [6.07, 6.45) is 2.42. The summed E-state index contributed by atoms with van der Waals surface area (Å²) in [4.78, 5) is 15.0. The number of nitrogens with zero attached hydrogens (tertiary/aromatic N) is 2. The number of halogens is 2. The van der Waals surface area contributed by atoms with E-state index in [1.165, 1.54) is 4.31 Å². The molecule has 10 heteroatoms. The second-order valence-electron chi connectivity index (χ2n) is 8.55. The Morgan fingerprint density at radius 1 is 0.941 bits per heavy atom. The van der Waals surface area contributed by atoms with E-state index >= 15 is 0 Å². The van der Waals surface area contributed by atoms with Crippen molar-refractivity contribution in [2.75, 3.05) is 33.9 Å². The SMILES string of the molecule is COc1ccc([C@@H]2CCCN2C(=O)C2CCN(S(=O)(=O)c3ccc(F)c(F)c3)CC2)c(OC)c1. The van der Waals surface area contributed by atoms with Gasteiger partial charge in [-0.05, 0) is 56.0 Å². The van der Waals surface area contributed by atoms with Gasteiger partial charge in [-0.15, -0.1) is 0 Å². The van der Waals surface area contributed by atoms with Crippen LogP contribution in [0, 0.1) is 17.6 Å². The van der Waals surface area contributed by atoms with Gasteiger partial charge in [-0.3, -0.25) is 4.79 Å². The maximum absolute atomic E-state index is 13.6. The molecule has 0 radical (unpaired) electrons. The first-order valence-electron chi connectivity index (χ1n) is 11.2. The lowest BCUT2D eigenvalue weighted by molar-refractivity contribution is -0.137. The fourth-order valence-corrected chi connectivity index (χ4v) is 6.29. The van der Waals surface area contributed by atoms with Gasteiger partial charge < -0.3 is 14.4 Å². The average molecular weight is 495 g/mol. The molecular weight excluding hydrogens is 466 g/mol. The number of carbonyl (C=O) groups is 1. The number of benzene rings is 2. The number of amides is 1. The number of piperidine rings is 1. The third kappa shape index (κ3) is 4.61. The zero-order valence-electron chi connectivity index (χ0n) is 19.2. The predicted molar refractivity (Wildman–Crippen MR) is 121 cm³/mol. The van der Waals surface area contributed by atoms with Crippen LogP contribution in [0.15, 0.2) is 41.3 Å². The first kappa shape index (κ1) is 24.4. The Morgan fingerprint density at radius 3 is 2.32 bits per heavy atom. The van der Waals surface area contributed by atoms with Crippen LogP contribution < -0.4 is 9.47 Å². The summed E-state index contributed by atoms with van der Waals surface area (Å²) in [5.41, 5.74) is 0.924. The molecule has 0 unspecified atom stereocenters. The Labute approximate surface area is 198 Å². The van der Waals surface area contributed by atoms with Crippen LogP contribution in [0.5, 0.6) is 11.5 Å². The summed E-state index contributed by atoms with van der Waals surface area (Å²) in [7, 11) is -0.797. The van der Waals surface area contributed by atoms with Gasteiger partial charge in [-0.1, -0.05) is 0 Å². The van der Waals surface area contributed by atoms with E-state index in [-0.39, 0.29) is 35.9 Å². The fourth-order valence-electron chi connectivity index (χ4n) is 4.81. The highest BCUT2D eigenvalue weighted by molar-refractivity contribution is 7.89. The van der Waals surface area contributed by atoms with E-state index in [4.69, 9.17) is 9.47 Å². The minimum absolute atomic E-state index is 0.00486. The van der Waals surface area contributed by atoms with Gasteiger partial charge in [-0.2, -0.15) is 4.31 Å². The summed E-state index contributed by atoms with van der Waals surface area (Å²) >= 11 is 0. The van der Waals surface area contributed by atoms with Gasteiger partial charge >= 0.3 is 0 Å². The first-order chi connectivity index (χ1) is 16.3. The van der Waals surface area contributed by atoms with Crippen molar-refractivity contribution in [1.82, 2.24) is 9.21 Å². The Morgan fingerprint density at radius 2 is 1.68 bits per heavy atom. The van der Waals surface area contributed by atoms with Crippen molar-refractivity contribution in [3.05, 3.63) is 53.6 Å². The summed E-state index contributed by atoms with van der Waals surface area (Å²) < 4.78 is 64.6. The van der Waals surface area contributed by atoms with Crippen LogP contribution in [-0.4, -0.2) is 57.4 Å². The molecule has 2 aliphatic heterocycles. The topological polar surface area (TPSA) is 76.2 Å². The number of hydrogen-bond donors (Lipinski definition) is 0. The Kier molecular flexibility index (Phi) is 7.09. The molecule has 2 fully saturated rings. The van der Waals surface area contributed by atoms with Gasteiger partial charge in [0.1, 0.15) is 11.5 Å². The van der Waals surface area contributed by atoms with Gasteiger partial charge in [0, 0.05) is 37.2 Å². The molecule has 4 rings (SSSR count). The molecule has 2 aromatic rings. The largest absolute Gasteiger partial charge is 0.497 e. The van der Waals surface area contributed by atoms with Crippen molar-refractivity contribution < 1.29 is 31.5 Å². The van der Waals surface area contributed by atoms with Crippen LogP contribution in [0.2, 0.25) is 0 Å². The zero-order valence-corrected chi connectivity index (χ0v) is 20.0. The molecule has 0 saturated carbocycles. The van der Waals surface area contributed by atoms with Crippen molar-refractivity contribution in [2.45, 2.75) is 36.6 Å². The van der Waals surface area contributed by atoms with E-state index in [1.807, 2.05) is 17.0 Å². The third-order valence-corrected chi connectivity index (χ3v) is 8.56. The second kappa shape index (κ2) is 9.87. The first-order valence-corrected chi connectivity index (χ1v) is 12.7. The zero-order chi connectivity index (χ0) is 24.5. The van der Waals surface area contributed by atoms with Crippen LogP contribution in [0.4, 0.5) is 8.78 Å². The summed E-state index contributed by atoms with van der Waals surface area (Å²) in [6.45, 7) is 0.913. The van der Waals surface area contributed by atoms with Crippen molar-refractivity contribution in [3.63, 3.8) is 0 Å². The fraction of sp³-hybridized carbons (Fsp3) is 0.458. The molecule has 34 heavy (non-hydrogen) atoms. The highest BCUT2D eigenvalue weighted by Gasteiger charge is 2.38. The Bertz CT molecular complexity index is 1170. The standard InChI is InChI=1S/C24H28F2N2O5S/c1-32-17-5-7-19(23(14-17)33-2)22-4-3-11-28(22)24(29)16-9-12-27(13-10-16)34(30,31)18-6-8-20(25)21(26)15-18/h5-8,14-16,22H,3-4,9-13H2,1-2H3/t22-/m0/s1. The Hall–Kier alpha value is -2.72. The van der Waals surface area contributed by atoms with Crippen molar-refractivity contribution in [1.29, 1.82) is 0 Å². The number of rotatable bonds is 6. The van der Waals surface area contributed by atoms with E-state index in [9.17, 15) is 22.0 Å². The lowest BCUT2D eigenvalue weighted by Gasteiger charge is -2.34. The molecule has 0 aromatic heterocycles. The molecule has 0 bridgehead atoms. The van der Waals surface area contributed by atoms with Crippen molar-refractivity contribution in [3.8, 4) is 11.5 Å². The number of hydrogen-bond acceptors (Lipinski definition) is 5. The molecule has 2 aliphatic rings. The van der Waals surface area contributed by atoms with Gasteiger partial charge in [-0.25, -0.2) is 17.2 Å². The molecule has 0 aliphatic carbocycles. The van der Waals surface area contributed by atoms with E-state index in [0.29, 0.717) is 37.0 Å². The lowest BCUT2D eigenvalue weighted by atomic mass is 9.95. The smallest absolute Gasteiger partial charge is 0.243 e. The molecule has 1 amide bonds. The highest BCUT2D eigenvalue weighted by atomic mass is 32.2. The molecule has 0 spiro atoms. The number of ether oxygens (including phenoxy) is 2. The normalized spacial score (nSPS) is 19.9. The van der Waals surface area contributed by atoms with Crippen molar-refractivity contribution >= 4 is 15.9 Å². The summed E-state index contributed by atoms with van der Waals surface area (Å²) in [5.74, 6) is -1.27. The molecule has 2 aromatic carbocycles. The van der Waals surface area contributed by atoms with E-state index < -0.39 is 21.7 Å². The van der Waals surface area contributed by atoms with Crippen molar-refractivity contribution in [2.24, 2.45) is 5.92 Å². The van der Waals surface area contributed by atoms with Crippen LogP contribution in [0.25, 0.3) is 0 Å². The molecule has 1 atom stereocenters. The lowest BCUT2D eigenvalue weighted by Crippen LogP contribution is -2.44. The molecule has 184 valence electrons. The number of sulfonamides is 1. The number of carbonyl (C=O) groups excluding carboxylic acids is 1. The number of methoxy groups -OCH3 is 2. The van der Waals surface area contributed by atoms with Crippen LogP contribution in [-0.2, 0) is 14.8 Å². The minimum atomic E-state index is -3.97. The number of likely N-dealkylation sites (tertiary alicyclic amines) is 1. The average Bonchev–Trinajstić information content (AvgIpc) is 3.34. The molecule has 2 saturated heterocycles. The van der Waals surface area contributed by atoms with Crippen LogP contribution in [0.1, 0.15) is 37.3 Å². The maximum atomic E-state index is 13.6. The minimum Gasteiger partial charge on any atom is -0.497 e. The quantitative estimate of drug-likeness (QED) is 0.612. The van der Waals surface area contributed by atoms with E-state index in [1.54, 1.807) is 20.3 Å². The van der Waals surface area contributed by atoms with Crippen LogP contribution >= 0.6 is 0 Å². The predicted octanol–water partition coefficient (Wildman–Crippen LogP) is 3.75. The highest BCUT2D eigenvalue weighted by Crippen LogP contribution is 2.40. The third-order valence-electron chi connectivity index (χ3n) is 6.67. The maximum Gasteiger partial charge on any atom is 0.243 e. The Balaban J connectivity index is 1.45. The second-order valence-corrected chi connectivity index (χ2v) is 10.5. The van der Waals surface area contributed by atoms with Gasteiger partial charge in [0.05, 0.1) is 25.2 Å². The summed E-state index contributed by atoms with van der Waals surface area (Å²) in [5, 5.41) is 0. The van der Waals surface area contributed by atoms with E-state index in [0.717, 1.165) is 30.5 Å². The van der Waals surface area contributed by atoms with Gasteiger partial charge in [0.2, 0.25) is 15.9 Å². The monoisotopic (exact) mass is 494 g/mol. The van der Waals surface area contributed by atoms with Gasteiger partial charge in [0.25, 0.3) is 0 Å². The molecular formula is C24H28F2N2O5S.